The van der Waals surface area contributed by atoms with Crippen molar-refractivity contribution < 1.29 is 0 Å². The van der Waals surface area contributed by atoms with Crippen LogP contribution in [0, 0.1) is 0 Å². The Morgan fingerprint density at radius 2 is 1.75 bits per heavy atom. The summed E-state index contributed by atoms with van der Waals surface area (Å²) in [4.78, 5) is 0. The van der Waals surface area contributed by atoms with E-state index < -0.39 is 0 Å². The Morgan fingerprint density at radius 3 is 2.55 bits per heavy atom. The molecule has 1 heterocycles. The fourth-order valence-electron chi connectivity index (χ4n) is 2.45. The van der Waals surface area contributed by atoms with Crippen LogP contribution in [0.15, 0.2) is 66.6 Å². The topological polar surface area (TPSA) is 26.0 Å². The summed E-state index contributed by atoms with van der Waals surface area (Å²) < 4.78 is 1.30. The van der Waals surface area contributed by atoms with Gasteiger partial charge in [0, 0.05) is 10.7 Å². The Balaban J connectivity index is 1.83. The van der Waals surface area contributed by atoms with Crippen molar-refractivity contribution in [3.63, 3.8) is 0 Å². The van der Waals surface area contributed by atoms with Gasteiger partial charge in [0.25, 0.3) is 0 Å². The molecule has 100 valence electrons. The van der Waals surface area contributed by atoms with Crippen molar-refractivity contribution in [1.29, 1.82) is 0 Å². The van der Waals surface area contributed by atoms with E-state index in [1.807, 2.05) is 18.2 Å². The zero-order chi connectivity index (χ0) is 13.9. The van der Waals surface area contributed by atoms with Gasteiger partial charge in [-0.05, 0) is 40.0 Å². The lowest BCUT2D eigenvalue weighted by atomic mass is 9.96. The van der Waals surface area contributed by atoms with Gasteiger partial charge in [0.05, 0.1) is 0 Å². The molecule has 3 rings (SSSR count). The molecule has 0 aliphatic rings. The van der Waals surface area contributed by atoms with Gasteiger partial charge in [-0.25, -0.2) is 0 Å². The van der Waals surface area contributed by atoms with E-state index in [0.29, 0.717) is 0 Å². The molecule has 0 amide bonds. The first kappa shape index (κ1) is 13.1. The molecule has 0 fully saturated rings. The molecule has 2 N–H and O–H groups in total. The molecule has 1 aromatic heterocycles. The smallest absolute Gasteiger partial charge is 0.0349 e. The predicted molar refractivity (Wildman–Crippen MR) is 88.8 cm³/mol. The second-order valence-electron chi connectivity index (χ2n) is 4.97. The van der Waals surface area contributed by atoms with E-state index in [2.05, 4.69) is 48.4 Å². The van der Waals surface area contributed by atoms with Crippen LogP contribution in [0.2, 0.25) is 0 Å². The van der Waals surface area contributed by atoms with Gasteiger partial charge in [-0.3, -0.25) is 0 Å². The molecule has 0 aliphatic carbocycles. The molecule has 1 atom stereocenters. The van der Waals surface area contributed by atoms with Crippen LogP contribution in [-0.4, -0.2) is 0 Å². The van der Waals surface area contributed by atoms with Crippen LogP contribution in [0.4, 0.5) is 0 Å². The third-order valence-corrected chi connectivity index (χ3v) is 4.52. The average Bonchev–Trinajstić information content (AvgIpc) is 2.92. The van der Waals surface area contributed by atoms with Gasteiger partial charge < -0.3 is 5.73 Å². The molecule has 0 saturated carbocycles. The second-order valence-corrected chi connectivity index (χ2v) is 5.88. The molecule has 0 bridgehead atoms. The first-order chi connectivity index (χ1) is 9.75. The highest BCUT2D eigenvalue weighted by molar-refractivity contribution is 7.17. The summed E-state index contributed by atoms with van der Waals surface area (Å²) in [5.74, 6) is 0. The van der Waals surface area contributed by atoms with Crippen molar-refractivity contribution in [2.24, 2.45) is 5.73 Å². The molecule has 0 saturated heterocycles. The van der Waals surface area contributed by atoms with E-state index in [4.69, 9.17) is 5.73 Å². The van der Waals surface area contributed by atoms with Gasteiger partial charge in [-0.1, -0.05) is 55.1 Å². The van der Waals surface area contributed by atoms with Crippen molar-refractivity contribution in [1.82, 2.24) is 0 Å². The van der Waals surface area contributed by atoms with Crippen LogP contribution in [0.3, 0.4) is 0 Å². The third kappa shape index (κ3) is 2.53. The average molecular weight is 279 g/mol. The van der Waals surface area contributed by atoms with Gasteiger partial charge >= 0.3 is 0 Å². The van der Waals surface area contributed by atoms with Crippen LogP contribution < -0.4 is 5.73 Å². The van der Waals surface area contributed by atoms with Crippen molar-refractivity contribution in [3.8, 4) is 0 Å². The highest BCUT2D eigenvalue weighted by Gasteiger charge is 2.12. The molecule has 0 radical (unpaired) electrons. The largest absolute Gasteiger partial charge is 0.324 e. The highest BCUT2D eigenvalue weighted by Crippen LogP contribution is 2.33. The fourth-order valence-corrected chi connectivity index (χ4v) is 3.45. The Hall–Kier alpha value is -1.90. The van der Waals surface area contributed by atoms with E-state index in [9.17, 15) is 0 Å². The summed E-state index contributed by atoms with van der Waals surface area (Å²) in [5, 5.41) is 3.47. The summed E-state index contributed by atoms with van der Waals surface area (Å²) in [6.45, 7) is 4.24. The molecule has 0 aliphatic heterocycles. The van der Waals surface area contributed by atoms with Crippen LogP contribution in [0.1, 0.15) is 23.6 Å². The van der Waals surface area contributed by atoms with Crippen LogP contribution in [-0.2, 0) is 0 Å². The van der Waals surface area contributed by atoms with Gasteiger partial charge in [-0.15, -0.1) is 11.3 Å². The van der Waals surface area contributed by atoms with E-state index in [1.54, 1.807) is 11.3 Å². The van der Waals surface area contributed by atoms with E-state index in [0.717, 1.165) is 17.6 Å². The number of hydrogen-bond acceptors (Lipinski definition) is 2. The Morgan fingerprint density at radius 1 is 1.05 bits per heavy atom. The fraction of sp³-hybridized carbons (Fsp3) is 0.111. The lowest BCUT2D eigenvalue weighted by Crippen LogP contribution is -2.10. The van der Waals surface area contributed by atoms with E-state index in [-0.39, 0.29) is 6.04 Å². The number of hydrogen-bond donors (Lipinski definition) is 1. The maximum atomic E-state index is 6.29. The maximum Gasteiger partial charge on any atom is 0.0349 e. The second kappa shape index (κ2) is 5.61. The van der Waals surface area contributed by atoms with E-state index >= 15 is 0 Å². The Labute approximate surface area is 123 Å². The predicted octanol–water partition coefficient (Wildman–Crippen LogP) is 5.00. The number of fused-ring (bicyclic) bond motifs is 1. The summed E-state index contributed by atoms with van der Waals surface area (Å²) in [6, 6.07) is 18.7. The lowest BCUT2D eigenvalue weighted by Gasteiger charge is -2.13. The number of rotatable bonds is 4. The molecule has 1 nitrogen and oxygen atoms in total. The molecule has 1 unspecified atom stereocenters. The molecule has 2 aromatic carbocycles. The van der Waals surface area contributed by atoms with Crippen molar-refractivity contribution in [2.75, 3.05) is 0 Å². The summed E-state index contributed by atoms with van der Waals surface area (Å²) in [6.07, 6.45) is 0.782. The normalized spacial score (nSPS) is 12.4. The van der Waals surface area contributed by atoms with Gasteiger partial charge in [0.1, 0.15) is 0 Å². The number of nitrogens with two attached hydrogens (primary N) is 1. The summed E-state index contributed by atoms with van der Waals surface area (Å²) >= 11 is 1.76. The minimum Gasteiger partial charge on any atom is -0.324 e. The summed E-state index contributed by atoms with van der Waals surface area (Å²) in [7, 11) is 0. The van der Waals surface area contributed by atoms with Crippen molar-refractivity contribution in [2.45, 2.75) is 12.5 Å². The Kier molecular flexibility index (Phi) is 3.68. The zero-order valence-corrected chi connectivity index (χ0v) is 12.1. The lowest BCUT2D eigenvalue weighted by molar-refractivity contribution is 0.752. The van der Waals surface area contributed by atoms with Crippen LogP contribution >= 0.6 is 11.3 Å². The highest BCUT2D eigenvalue weighted by atomic mass is 32.1. The van der Waals surface area contributed by atoms with Crippen molar-refractivity contribution >= 4 is 27.0 Å². The third-order valence-electron chi connectivity index (χ3n) is 3.56. The molecule has 20 heavy (non-hydrogen) atoms. The molecule has 0 spiro atoms. The first-order valence-electron chi connectivity index (χ1n) is 6.70. The maximum absolute atomic E-state index is 6.29. The molecular formula is C18H17NS. The molecular weight excluding hydrogens is 262 g/mol. The minimum atomic E-state index is 0.00219. The first-order valence-corrected chi connectivity index (χ1v) is 7.58. The van der Waals surface area contributed by atoms with Gasteiger partial charge in [0.15, 0.2) is 0 Å². The van der Waals surface area contributed by atoms with Gasteiger partial charge in [-0.2, -0.15) is 0 Å². The SMILES string of the molecule is C=C(CC(N)c1ccccc1)c1csc2ccccc12. The minimum absolute atomic E-state index is 0.00219. The number of thiophene rings is 1. The standard InChI is InChI=1S/C18H17NS/c1-13(11-17(19)14-7-3-2-4-8-14)16-12-20-18-10-6-5-9-15(16)18/h2-10,12,17H,1,11,19H2. The molecule has 3 aromatic rings. The Bertz CT molecular complexity index is 727. The van der Waals surface area contributed by atoms with Gasteiger partial charge in [0.2, 0.25) is 0 Å². The quantitative estimate of drug-likeness (QED) is 0.714. The summed E-state index contributed by atoms with van der Waals surface area (Å²) in [5.41, 5.74) is 9.79. The van der Waals surface area contributed by atoms with Crippen LogP contribution in [0.5, 0.6) is 0 Å². The zero-order valence-electron chi connectivity index (χ0n) is 11.3. The van der Waals surface area contributed by atoms with Crippen LogP contribution in [0.25, 0.3) is 15.7 Å². The molecule has 2 heteroatoms. The van der Waals surface area contributed by atoms with Crippen molar-refractivity contribution in [3.05, 3.63) is 77.7 Å². The monoisotopic (exact) mass is 279 g/mol. The number of benzene rings is 2. The van der Waals surface area contributed by atoms with E-state index in [1.165, 1.54) is 15.6 Å².